The lowest BCUT2D eigenvalue weighted by Gasteiger charge is -2.32. The fourth-order valence-corrected chi connectivity index (χ4v) is 4.67. The zero-order valence-corrected chi connectivity index (χ0v) is 16.2. The Balaban J connectivity index is 0.000000706. The summed E-state index contributed by atoms with van der Waals surface area (Å²) in [7, 11) is -3.66. The van der Waals surface area contributed by atoms with Crippen molar-refractivity contribution in [3.8, 4) is 0 Å². The number of carbonyl (C=O) groups is 1. The van der Waals surface area contributed by atoms with Crippen LogP contribution < -0.4 is 10.2 Å². The summed E-state index contributed by atoms with van der Waals surface area (Å²) >= 11 is 0. The summed E-state index contributed by atoms with van der Waals surface area (Å²) in [6, 6.07) is 12.4. The van der Waals surface area contributed by atoms with Crippen molar-refractivity contribution >= 4 is 33.2 Å². The van der Waals surface area contributed by atoms with Gasteiger partial charge < -0.3 is 15.3 Å². The predicted octanol–water partition coefficient (Wildman–Crippen LogP) is 1.77. The number of hydrogen-bond donors (Lipinski definition) is 2. The molecule has 2 N–H and O–H groups in total. The number of piperazine rings is 1. The molecule has 0 bridgehead atoms. The number of rotatable bonds is 3. The third-order valence-electron chi connectivity index (χ3n) is 4.52. The highest BCUT2D eigenvalue weighted by Crippen LogP contribution is 2.31. The number of fused-ring (bicyclic) bond motifs is 1. The molecule has 1 aliphatic rings. The van der Waals surface area contributed by atoms with E-state index in [0.29, 0.717) is 11.6 Å². The highest BCUT2D eigenvalue weighted by Gasteiger charge is 2.25. The van der Waals surface area contributed by atoms with Crippen LogP contribution in [-0.4, -0.2) is 54.6 Å². The first-order valence-electron chi connectivity index (χ1n) is 8.82. The zero-order chi connectivity index (χ0) is 20.1. The number of carboxylic acid groups (broad SMARTS) is 1. The summed E-state index contributed by atoms with van der Waals surface area (Å²) < 4.78 is 27.6. The lowest BCUT2D eigenvalue weighted by atomic mass is 10.2. The van der Waals surface area contributed by atoms with Crippen molar-refractivity contribution in [2.75, 3.05) is 24.5 Å². The number of pyridine rings is 1. The molecule has 1 fully saturated rings. The monoisotopic (exact) mass is 402 g/mol. The molecule has 28 heavy (non-hydrogen) atoms. The van der Waals surface area contributed by atoms with E-state index in [4.69, 9.17) is 9.90 Å². The molecule has 0 aliphatic carbocycles. The molecule has 2 aromatic heterocycles. The molecule has 3 aromatic rings. The van der Waals surface area contributed by atoms with Crippen LogP contribution in [0.1, 0.15) is 6.92 Å². The van der Waals surface area contributed by atoms with Gasteiger partial charge in [-0.05, 0) is 31.2 Å². The average molecular weight is 402 g/mol. The number of aromatic nitrogens is 2. The van der Waals surface area contributed by atoms with Crippen LogP contribution in [0.15, 0.2) is 59.8 Å². The molecule has 0 spiro atoms. The maximum atomic E-state index is 13.1. The third-order valence-corrected chi connectivity index (χ3v) is 6.20. The van der Waals surface area contributed by atoms with Crippen LogP contribution in [0.25, 0.3) is 11.0 Å². The first-order chi connectivity index (χ1) is 13.5. The molecule has 1 saturated heterocycles. The lowest BCUT2D eigenvalue weighted by molar-refractivity contribution is -0.122. The van der Waals surface area contributed by atoms with E-state index in [1.165, 1.54) is 3.97 Å². The molecule has 0 radical (unpaired) electrons. The summed E-state index contributed by atoms with van der Waals surface area (Å²) in [5.41, 5.74) is 2.19. The highest BCUT2D eigenvalue weighted by molar-refractivity contribution is 7.90. The van der Waals surface area contributed by atoms with Crippen LogP contribution in [0.4, 0.5) is 5.69 Å². The number of nitrogens with one attached hydrogen (secondary N) is 1. The molecular formula is C19H22N4O4S. The Hall–Kier alpha value is -2.91. The minimum absolute atomic E-state index is 0.250. The van der Waals surface area contributed by atoms with Crippen molar-refractivity contribution in [1.82, 2.24) is 14.3 Å². The van der Waals surface area contributed by atoms with E-state index in [2.05, 4.69) is 22.1 Å². The topological polar surface area (TPSA) is 105 Å². The summed E-state index contributed by atoms with van der Waals surface area (Å²) in [6.07, 6.45) is 3.41. The number of anilines is 1. The van der Waals surface area contributed by atoms with Crippen LogP contribution in [0.5, 0.6) is 0 Å². The fraction of sp³-hybridized carbons (Fsp3) is 0.263. The van der Waals surface area contributed by atoms with E-state index >= 15 is 0 Å². The molecule has 1 aliphatic heterocycles. The largest absolute Gasteiger partial charge is 0.483 e. The second-order valence-corrected chi connectivity index (χ2v) is 8.22. The summed E-state index contributed by atoms with van der Waals surface area (Å²) in [5.74, 6) is 0. The molecule has 0 saturated carbocycles. The van der Waals surface area contributed by atoms with Gasteiger partial charge in [0.2, 0.25) is 0 Å². The first-order valence-corrected chi connectivity index (χ1v) is 10.3. The van der Waals surface area contributed by atoms with Crippen molar-refractivity contribution < 1.29 is 18.3 Å². The molecule has 1 aromatic carbocycles. The van der Waals surface area contributed by atoms with E-state index < -0.39 is 10.0 Å². The van der Waals surface area contributed by atoms with Crippen LogP contribution in [-0.2, 0) is 14.8 Å². The molecule has 148 valence electrons. The summed E-state index contributed by atoms with van der Waals surface area (Å²) in [5, 5.41) is 10.3. The van der Waals surface area contributed by atoms with Gasteiger partial charge in [0, 0.05) is 38.1 Å². The Morgan fingerprint density at radius 1 is 1.21 bits per heavy atom. The molecule has 3 heterocycles. The molecule has 1 atom stereocenters. The van der Waals surface area contributed by atoms with Crippen LogP contribution in [0.3, 0.4) is 0 Å². The lowest BCUT2D eigenvalue weighted by Crippen LogP contribution is -2.49. The van der Waals surface area contributed by atoms with Crippen molar-refractivity contribution in [2.24, 2.45) is 0 Å². The van der Waals surface area contributed by atoms with Crippen molar-refractivity contribution in [1.29, 1.82) is 0 Å². The minimum atomic E-state index is -3.66. The Labute approximate surface area is 163 Å². The van der Waals surface area contributed by atoms with Gasteiger partial charge in [-0.3, -0.25) is 9.78 Å². The molecule has 0 amide bonds. The SMILES string of the molecule is C[C@H]1CN(c2cn(S(=O)(=O)c3ccccc3)c3cccnc23)CCN1.O=CO. The van der Waals surface area contributed by atoms with Crippen molar-refractivity contribution in [3.63, 3.8) is 0 Å². The second kappa shape index (κ2) is 8.41. The normalized spacial score (nSPS) is 17.0. The smallest absolute Gasteiger partial charge is 0.290 e. The number of nitrogens with zero attached hydrogens (tertiary/aromatic N) is 3. The van der Waals surface area contributed by atoms with Crippen LogP contribution in [0.2, 0.25) is 0 Å². The van der Waals surface area contributed by atoms with Gasteiger partial charge in [-0.2, -0.15) is 0 Å². The maximum Gasteiger partial charge on any atom is 0.290 e. The molecule has 4 rings (SSSR count). The van der Waals surface area contributed by atoms with Crippen molar-refractivity contribution in [3.05, 3.63) is 54.9 Å². The average Bonchev–Trinajstić information content (AvgIpc) is 3.10. The number of hydrogen-bond acceptors (Lipinski definition) is 6. The van der Waals surface area contributed by atoms with Crippen LogP contribution >= 0.6 is 0 Å². The van der Waals surface area contributed by atoms with Gasteiger partial charge in [-0.15, -0.1) is 0 Å². The van der Waals surface area contributed by atoms with E-state index in [-0.39, 0.29) is 11.4 Å². The first kappa shape index (κ1) is 19.8. The predicted molar refractivity (Wildman–Crippen MR) is 107 cm³/mol. The van der Waals surface area contributed by atoms with E-state index in [1.807, 2.05) is 6.07 Å². The fourth-order valence-electron chi connectivity index (χ4n) is 3.30. The van der Waals surface area contributed by atoms with Crippen LogP contribution in [0, 0.1) is 0 Å². The molecule has 0 unspecified atom stereocenters. The maximum absolute atomic E-state index is 13.1. The van der Waals surface area contributed by atoms with Gasteiger partial charge in [-0.1, -0.05) is 18.2 Å². The van der Waals surface area contributed by atoms with E-state index in [0.717, 1.165) is 30.8 Å². The molecular weight excluding hydrogens is 380 g/mol. The Kier molecular flexibility index (Phi) is 5.96. The Bertz CT molecular complexity index is 1050. The van der Waals surface area contributed by atoms with Gasteiger partial charge in [0.15, 0.2) is 0 Å². The molecule has 9 heteroatoms. The van der Waals surface area contributed by atoms with Gasteiger partial charge in [0.1, 0.15) is 5.52 Å². The van der Waals surface area contributed by atoms with Gasteiger partial charge >= 0.3 is 0 Å². The quantitative estimate of drug-likeness (QED) is 0.644. The van der Waals surface area contributed by atoms with E-state index in [9.17, 15) is 8.42 Å². The van der Waals surface area contributed by atoms with Gasteiger partial charge in [0.25, 0.3) is 16.5 Å². The standard InChI is InChI=1S/C18H20N4O2S.CH2O2/c1-14-12-21(11-10-19-14)17-13-22(16-8-5-9-20-18(16)17)25(23,24)15-6-3-2-4-7-15;2-1-3/h2-9,13-14,19H,10-12H2,1H3;1H,(H,2,3)/t14-;/m0./s1. The van der Waals surface area contributed by atoms with Gasteiger partial charge in [-0.25, -0.2) is 12.4 Å². The minimum Gasteiger partial charge on any atom is -0.483 e. The highest BCUT2D eigenvalue weighted by atomic mass is 32.2. The molecule has 8 nitrogen and oxygen atoms in total. The second-order valence-electron chi connectivity index (χ2n) is 6.41. The van der Waals surface area contributed by atoms with Crippen molar-refractivity contribution in [2.45, 2.75) is 17.9 Å². The zero-order valence-electron chi connectivity index (χ0n) is 15.4. The Morgan fingerprint density at radius 3 is 2.61 bits per heavy atom. The van der Waals surface area contributed by atoms with E-state index in [1.54, 1.807) is 48.8 Å². The summed E-state index contributed by atoms with van der Waals surface area (Å²) in [6.45, 7) is 4.39. The summed E-state index contributed by atoms with van der Waals surface area (Å²) in [4.78, 5) is 15.3. The third kappa shape index (κ3) is 3.85. The number of benzene rings is 1. The van der Waals surface area contributed by atoms with Gasteiger partial charge in [0.05, 0.1) is 16.1 Å². The Morgan fingerprint density at radius 2 is 1.93 bits per heavy atom.